The van der Waals surface area contributed by atoms with Crippen molar-refractivity contribution in [1.29, 1.82) is 0 Å². The average molecular weight is 264 g/mol. The van der Waals surface area contributed by atoms with E-state index in [1.54, 1.807) is 0 Å². The molecule has 1 aliphatic heterocycles. The van der Waals surface area contributed by atoms with E-state index in [4.69, 9.17) is 9.31 Å². The number of rotatable bonds is 3. The minimum absolute atomic E-state index is 0.187. The van der Waals surface area contributed by atoms with Crippen LogP contribution in [-0.2, 0) is 15.7 Å². The summed E-state index contributed by atoms with van der Waals surface area (Å²) >= 11 is 1.85. The van der Waals surface area contributed by atoms with Crippen LogP contribution in [0.15, 0.2) is 12.1 Å². The summed E-state index contributed by atoms with van der Waals surface area (Å²) in [5.74, 6) is 0.940. The fourth-order valence-corrected chi connectivity index (χ4v) is 3.28. The number of thiophene rings is 1. The predicted octanol–water partition coefficient (Wildman–Crippen LogP) is 3.00. The van der Waals surface area contributed by atoms with Crippen LogP contribution in [0.4, 0.5) is 0 Å². The molecular weight excluding hydrogens is 243 g/mol. The summed E-state index contributed by atoms with van der Waals surface area (Å²) in [6, 6.07) is 4.41. The lowest BCUT2D eigenvalue weighted by molar-refractivity contribution is 0.00578. The molecule has 18 heavy (non-hydrogen) atoms. The molecule has 0 unspecified atom stereocenters. The summed E-state index contributed by atoms with van der Waals surface area (Å²) in [5, 5.41) is 0. The van der Waals surface area contributed by atoms with Gasteiger partial charge in [0.2, 0.25) is 0 Å². The number of hydrogen-bond donors (Lipinski definition) is 0. The van der Waals surface area contributed by atoms with Gasteiger partial charge in [-0.15, -0.1) is 11.3 Å². The SMILES string of the molecule is CC1(C)OB(c2ccc(CC3CC3)s2)OC1(C)C. The maximum absolute atomic E-state index is 6.07. The predicted molar refractivity (Wildman–Crippen MR) is 76.5 cm³/mol. The van der Waals surface area contributed by atoms with Crippen LogP contribution < -0.4 is 4.78 Å². The van der Waals surface area contributed by atoms with Gasteiger partial charge in [-0.1, -0.05) is 6.07 Å². The first-order valence-electron chi connectivity index (χ1n) is 6.82. The highest BCUT2D eigenvalue weighted by molar-refractivity contribution is 7.22. The zero-order chi connectivity index (χ0) is 13.0. The fourth-order valence-electron chi connectivity index (χ4n) is 2.20. The maximum atomic E-state index is 6.07. The van der Waals surface area contributed by atoms with Crippen LogP contribution in [0.5, 0.6) is 0 Å². The molecule has 3 rings (SSSR count). The van der Waals surface area contributed by atoms with E-state index in [2.05, 4.69) is 39.8 Å². The molecule has 1 aromatic rings. The van der Waals surface area contributed by atoms with Crippen LogP contribution in [0.2, 0.25) is 0 Å². The lowest BCUT2D eigenvalue weighted by Crippen LogP contribution is -2.41. The molecule has 1 saturated carbocycles. The normalized spacial score (nSPS) is 25.7. The molecule has 2 aliphatic rings. The van der Waals surface area contributed by atoms with E-state index in [1.807, 2.05) is 11.3 Å². The Hall–Kier alpha value is -0.315. The molecule has 0 N–H and O–H groups in total. The van der Waals surface area contributed by atoms with Crippen molar-refractivity contribution in [3.8, 4) is 0 Å². The molecule has 0 radical (unpaired) electrons. The number of hydrogen-bond acceptors (Lipinski definition) is 3. The molecule has 1 saturated heterocycles. The largest absolute Gasteiger partial charge is 0.505 e. The third-order valence-corrected chi connectivity index (χ3v) is 5.48. The van der Waals surface area contributed by atoms with Gasteiger partial charge in [-0.3, -0.25) is 0 Å². The Bertz CT molecular complexity index is 432. The molecule has 1 aliphatic carbocycles. The van der Waals surface area contributed by atoms with Crippen LogP contribution in [0.1, 0.15) is 45.4 Å². The zero-order valence-electron chi connectivity index (χ0n) is 11.7. The summed E-state index contributed by atoms with van der Waals surface area (Å²) < 4.78 is 13.4. The van der Waals surface area contributed by atoms with E-state index in [0.29, 0.717) is 0 Å². The van der Waals surface area contributed by atoms with Gasteiger partial charge in [-0.2, -0.15) is 0 Å². The Morgan fingerprint density at radius 2 is 1.78 bits per heavy atom. The van der Waals surface area contributed by atoms with E-state index in [0.717, 1.165) is 5.92 Å². The molecule has 0 spiro atoms. The van der Waals surface area contributed by atoms with Gasteiger partial charge >= 0.3 is 7.12 Å². The van der Waals surface area contributed by atoms with E-state index in [1.165, 1.54) is 28.9 Å². The molecule has 0 bridgehead atoms. The monoisotopic (exact) mass is 264 g/mol. The Balaban J connectivity index is 1.73. The van der Waals surface area contributed by atoms with Crippen molar-refractivity contribution in [1.82, 2.24) is 0 Å². The summed E-state index contributed by atoms with van der Waals surface area (Å²) in [5.41, 5.74) is -0.476. The topological polar surface area (TPSA) is 18.5 Å². The zero-order valence-corrected chi connectivity index (χ0v) is 12.5. The average Bonchev–Trinajstić information content (AvgIpc) is 2.86. The van der Waals surface area contributed by atoms with Gasteiger partial charge in [-0.25, -0.2) is 0 Å². The van der Waals surface area contributed by atoms with Crippen LogP contribution in [-0.4, -0.2) is 18.3 Å². The Labute approximate surface area is 114 Å². The standard InChI is InChI=1S/C14H21BO2S/c1-13(2)14(3,4)17-15(16-13)12-8-7-11(18-12)9-10-5-6-10/h7-8,10H,5-6,9H2,1-4H3. The van der Waals surface area contributed by atoms with Gasteiger partial charge < -0.3 is 9.31 Å². The molecule has 0 amide bonds. The fraction of sp³-hybridized carbons (Fsp3) is 0.714. The lowest BCUT2D eigenvalue weighted by Gasteiger charge is -2.32. The summed E-state index contributed by atoms with van der Waals surface area (Å²) in [6.45, 7) is 8.41. The second-order valence-corrected chi connectivity index (χ2v) is 7.74. The third-order valence-electron chi connectivity index (χ3n) is 4.35. The van der Waals surface area contributed by atoms with Crippen molar-refractivity contribution in [3.05, 3.63) is 17.0 Å². The van der Waals surface area contributed by atoms with Crippen molar-refractivity contribution < 1.29 is 9.31 Å². The maximum Gasteiger partial charge on any atom is 0.505 e. The van der Waals surface area contributed by atoms with Crippen LogP contribution in [0, 0.1) is 5.92 Å². The van der Waals surface area contributed by atoms with Gasteiger partial charge in [0.05, 0.1) is 11.2 Å². The third kappa shape index (κ3) is 2.26. The molecule has 0 aromatic carbocycles. The highest BCUT2D eigenvalue weighted by atomic mass is 32.1. The van der Waals surface area contributed by atoms with E-state index in [9.17, 15) is 0 Å². The van der Waals surface area contributed by atoms with Crippen LogP contribution >= 0.6 is 11.3 Å². The summed E-state index contributed by atoms with van der Waals surface area (Å²) in [7, 11) is -0.187. The first kappa shape index (κ1) is 12.7. The molecule has 2 heterocycles. The van der Waals surface area contributed by atoms with Gasteiger partial charge in [0.1, 0.15) is 0 Å². The molecular formula is C14H21BO2S. The molecule has 4 heteroatoms. The van der Waals surface area contributed by atoms with E-state index >= 15 is 0 Å². The minimum Gasteiger partial charge on any atom is -0.399 e. The summed E-state index contributed by atoms with van der Waals surface area (Å²) in [4.78, 5) is 1.47. The summed E-state index contributed by atoms with van der Waals surface area (Å²) in [6.07, 6.45) is 4.05. The van der Waals surface area contributed by atoms with Crippen molar-refractivity contribution in [2.75, 3.05) is 0 Å². The smallest absolute Gasteiger partial charge is 0.399 e. The Morgan fingerprint density at radius 1 is 1.17 bits per heavy atom. The second-order valence-electron chi connectivity index (χ2n) is 6.54. The van der Waals surface area contributed by atoms with Gasteiger partial charge in [-0.05, 0) is 58.9 Å². The van der Waals surface area contributed by atoms with Gasteiger partial charge in [0, 0.05) is 9.65 Å². The van der Waals surface area contributed by atoms with E-state index in [-0.39, 0.29) is 18.3 Å². The van der Waals surface area contributed by atoms with E-state index < -0.39 is 0 Å². The highest BCUT2D eigenvalue weighted by Gasteiger charge is 2.52. The minimum atomic E-state index is -0.238. The van der Waals surface area contributed by atoms with Crippen LogP contribution in [0.25, 0.3) is 0 Å². The van der Waals surface area contributed by atoms with Crippen LogP contribution in [0.3, 0.4) is 0 Å². The second kappa shape index (κ2) is 4.09. The quantitative estimate of drug-likeness (QED) is 0.781. The lowest BCUT2D eigenvalue weighted by atomic mass is 9.88. The molecule has 2 nitrogen and oxygen atoms in total. The highest BCUT2D eigenvalue weighted by Crippen LogP contribution is 2.38. The van der Waals surface area contributed by atoms with Crippen molar-refractivity contribution >= 4 is 23.2 Å². The molecule has 0 atom stereocenters. The van der Waals surface area contributed by atoms with Crippen molar-refractivity contribution in [3.63, 3.8) is 0 Å². The molecule has 98 valence electrons. The molecule has 2 fully saturated rings. The van der Waals surface area contributed by atoms with Crippen molar-refractivity contribution in [2.24, 2.45) is 5.92 Å². The van der Waals surface area contributed by atoms with Gasteiger partial charge in [0.25, 0.3) is 0 Å². The Kier molecular flexibility index (Phi) is 2.89. The molecule has 1 aromatic heterocycles. The van der Waals surface area contributed by atoms with Gasteiger partial charge in [0.15, 0.2) is 0 Å². The Morgan fingerprint density at radius 3 is 2.33 bits per heavy atom. The first-order valence-corrected chi connectivity index (χ1v) is 7.63. The first-order chi connectivity index (χ1) is 8.37. The van der Waals surface area contributed by atoms with Crippen molar-refractivity contribution in [2.45, 2.75) is 58.2 Å².